The lowest BCUT2D eigenvalue weighted by molar-refractivity contribution is 0.140. The molecule has 0 saturated heterocycles. The first-order chi connectivity index (χ1) is 13.5. The first-order valence-electron chi connectivity index (χ1n) is 8.62. The third kappa shape index (κ3) is 3.14. The van der Waals surface area contributed by atoms with Crippen molar-refractivity contribution < 1.29 is 13.9 Å². The minimum absolute atomic E-state index is 0.0664. The van der Waals surface area contributed by atoms with Crippen LogP contribution in [0.25, 0.3) is 16.6 Å². The van der Waals surface area contributed by atoms with Gasteiger partial charge in [-0.15, -0.1) is 0 Å². The van der Waals surface area contributed by atoms with Gasteiger partial charge in [-0.05, 0) is 24.3 Å². The van der Waals surface area contributed by atoms with Crippen LogP contribution in [0.3, 0.4) is 0 Å². The van der Waals surface area contributed by atoms with Crippen LogP contribution in [0.5, 0.6) is 0 Å². The predicted octanol–water partition coefficient (Wildman–Crippen LogP) is 2.72. The summed E-state index contributed by atoms with van der Waals surface area (Å²) in [5, 5.41) is 3.27. The maximum Gasteiger partial charge on any atom is 0.281 e. The molecule has 2 aromatic heterocycles. The Hall–Kier alpha value is -2.84. The summed E-state index contributed by atoms with van der Waals surface area (Å²) in [6.07, 6.45) is 3.98. The lowest BCUT2D eigenvalue weighted by atomic mass is 10.2. The van der Waals surface area contributed by atoms with Gasteiger partial charge in [0.15, 0.2) is 0 Å². The van der Waals surface area contributed by atoms with Gasteiger partial charge in [-0.25, -0.2) is 9.07 Å². The van der Waals surface area contributed by atoms with Crippen LogP contribution < -0.4 is 11.1 Å². The third-order valence-electron chi connectivity index (χ3n) is 4.65. The molecule has 9 heteroatoms. The first-order valence-corrected chi connectivity index (χ1v) is 8.99. The minimum atomic E-state index is -0.511. The Morgan fingerprint density at radius 3 is 2.86 bits per heavy atom. The standard InChI is InChI=1S/C19H17ClFN3O4/c1-27-10-16-18-14(8-17(25)23(16)9-12-3-2-6-28-12)22-24(19(18)26)15-5-4-11(21)7-13(15)20/h2,4-8,12,22H,3,9-10H2,1H3. The summed E-state index contributed by atoms with van der Waals surface area (Å²) in [4.78, 5) is 25.8. The molecule has 0 saturated carbocycles. The summed E-state index contributed by atoms with van der Waals surface area (Å²) in [7, 11) is 1.49. The molecule has 3 heterocycles. The Morgan fingerprint density at radius 2 is 2.18 bits per heavy atom. The van der Waals surface area contributed by atoms with Crippen LogP contribution in [0.2, 0.25) is 5.02 Å². The van der Waals surface area contributed by atoms with Crippen molar-refractivity contribution in [2.75, 3.05) is 7.11 Å². The number of aromatic nitrogens is 3. The summed E-state index contributed by atoms with van der Waals surface area (Å²) in [5.41, 5.74) is 0.390. The van der Waals surface area contributed by atoms with Gasteiger partial charge in [0.25, 0.3) is 11.1 Å². The summed E-state index contributed by atoms with van der Waals surface area (Å²) in [6.45, 7) is 0.360. The van der Waals surface area contributed by atoms with Crippen LogP contribution in [-0.2, 0) is 22.6 Å². The van der Waals surface area contributed by atoms with Crippen LogP contribution in [0.15, 0.2) is 46.2 Å². The van der Waals surface area contributed by atoms with E-state index in [4.69, 9.17) is 21.1 Å². The highest BCUT2D eigenvalue weighted by Crippen LogP contribution is 2.22. The number of pyridine rings is 1. The Bertz CT molecular complexity index is 1190. The maximum absolute atomic E-state index is 13.4. The molecule has 0 fully saturated rings. The fourth-order valence-corrected chi connectivity index (χ4v) is 3.63. The fourth-order valence-electron chi connectivity index (χ4n) is 3.38. The second kappa shape index (κ2) is 7.29. The van der Waals surface area contributed by atoms with E-state index >= 15 is 0 Å². The van der Waals surface area contributed by atoms with E-state index < -0.39 is 11.4 Å². The van der Waals surface area contributed by atoms with Gasteiger partial charge in [0, 0.05) is 19.6 Å². The molecule has 146 valence electrons. The molecule has 1 aliphatic heterocycles. The molecule has 1 aromatic carbocycles. The van der Waals surface area contributed by atoms with E-state index in [0.717, 1.165) is 6.07 Å². The van der Waals surface area contributed by atoms with Crippen LogP contribution in [0, 0.1) is 5.82 Å². The first kappa shape index (κ1) is 18.5. The number of benzene rings is 1. The highest BCUT2D eigenvalue weighted by atomic mass is 35.5. The molecule has 0 radical (unpaired) electrons. The summed E-state index contributed by atoms with van der Waals surface area (Å²) < 4.78 is 26.8. The maximum atomic E-state index is 13.4. The molecule has 0 bridgehead atoms. The second-order valence-corrected chi connectivity index (χ2v) is 6.88. The molecule has 0 amide bonds. The van der Waals surface area contributed by atoms with E-state index in [1.807, 2.05) is 6.08 Å². The number of hydrogen-bond acceptors (Lipinski definition) is 4. The van der Waals surface area contributed by atoms with Gasteiger partial charge in [0.2, 0.25) is 0 Å². The van der Waals surface area contributed by atoms with E-state index in [-0.39, 0.29) is 29.0 Å². The van der Waals surface area contributed by atoms with Gasteiger partial charge in [0.05, 0.1) is 46.7 Å². The lowest BCUT2D eigenvalue weighted by Gasteiger charge is -2.16. The van der Waals surface area contributed by atoms with Gasteiger partial charge in [0.1, 0.15) is 11.9 Å². The van der Waals surface area contributed by atoms with Crippen molar-refractivity contribution in [1.29, 1.82) is 0 Å². The quantitative estimate of drug-likeness (QED) is 0.708. The average molecular weight is 406 g/mol. The zero-order valence-corrected chi connectivity index (χ0v) is 15.7. The minimum Gasteiger partial charge on any atom is -0.496 e. The van der Waals surface area contributed by atoms with Crippen molar-refractivity contribution in [2.24, 2.45) is 0 Å². The van der Waals surface area contributed by atoms with Crippen molar-refractivity contribution in [3.05, 3.63) is 73.8 Å². The number of nitrogens with one attached hydrogen (secondary N) is 1. The molecular weight excluding hydrogens is 389 g/mol. The number of H-pyrrole nitrogens is 1. The summed E-state index contributed by atoms with van der Waals surface area (Å²) in [6, 6.07) is 5.08. The van der Waals surface area contributed by atoms with E-state index in [9.17, 15) is 14.0 Å². The van der Waals surface area contributed by atoms with Crippen LogP contribution >= 0.6 is 11.6 Å². The van der Waals surface area contributed by atoms with Gasteiger partial charge < -0.3 is 14.0 Å². The van der Waals surface area contributed by atoms with Crippen molar-refractivity contribution in [1.82, 2.24) is 14.3 Å². The lowest BCUT2D eigenvalue weighted by Crippen LogP contribution is -2.30. The number of nitrogens with zero attached hydrogens (tertiary/aromatic N) is 2. The topological polar surface area (TPSA) is 78.3 Å². The molecule has 7 nitrogen and oxygen atoms in total. The molecule has 4 rings (SSSR count). The number of ether oxygens (including phenoxy) is 2. The largest absolute Gasteiger partial charge is 0.496 e. The normalized spacial score (nSPS) is 16.0. The molecule has 28 heavy (non-hydrogen) atoms. The van der Waals surface area contributed by atoms with Crippen molar-refractivity contribution in [2.45, 2.75) is 25.7 Å². The molecule has 3 aromatic rings. The van der Waals surface area contributed by atoms with Gasteiger partial charge >= 0.3 is 0 Å². The average Bonchev–Trinajstić information content (AvgIpc) is 3.26. The number of rotatable bonds is 5. The number of methoxy groups -OCH3 is 1. The molecule has 1 aliphatic rings. The number of halogens is 2. The SMILES string of the molecule is COCc1c2c(=O)n(-c3ccc(F)cc3Cl)[nH]c2cc(=O)n1CC1CC=CO1. The van der Waals surface area contributed by atoms with Crippen molar-refractivity contribution in [3.63, 3.8) is 0 Å². The van der Waals surface area contributed by atoms with Crippen LogP contribution in [0.4, 0.5) is 4.39 Å². The van der Waals surface area contributed by atoms with E-state index in [1.165, 1.54) is 34.6 Å². The Balaban J connectivity index is 1.92. The zero-order valence-electron chi connectivity index (χ0n) is 14.9. The van der Waals surface area contributed by atoms with Crippen molar-refractivity contribution >= 4 is 22.5 Å². The fraction of sp³-hybridized carbons (Fsp3) is 0.263. The second-order valence-electron chi connectivity index (χ2n) is 6.48. The summed E-state index contributed by atoms with van der Waals surface area (Å²) >= 11 is 6.11. The molecule has 0 aliphatic carbocycles. The number of fused-ring (bicyclic) bond motifs is 1. The Morgan fingerprint density at radius 1 is 1.36 bits per heavy atom. The van der Waals surface area contributed by atoms with Crippen LogP contribution in [-0.4, -0.2) is 27.6 Å². The highest BCUT2D eigenvalue weighted by molar-refractivity contribution is 6.32. The summed E-state index contributed by atoms with van der Waals surface area (Å²) in [5.74, 6) is -0.511. The monoisotopic (exact) mass is 405 g/mol. The number of aromatic amines is 1. The van der Waals surface area contributed by atoms with E-state index in [2.05, 4.69) is 5.10 Å². The van der Waals surface area contributed by atoms with Gasteiger partial charge in [-0.2, -0.15) is 0 Å². The van der Waals surface area contributed by atoms with Crippen LogP contribution in [0.1, 0.15) is 12.1 Å². The van der Waals surface area contributed by atoms with Crippen molar-refractivity contribution in [3.8, 4) is 5.69 Å². The highest BCUT2D eigenvalue weighted by Gasteiger charge is 2.21. The predicted molar refractivity (Wildman–Crippen MR) is 102 cm³/mol. The zero-order chi connectivity index (χ0) is 19.8. The smallest absolute Gasteiger partial charge is 0.281 e. The molecule has 1 atom stereocenters. The van der Waals surface area contributed by atoms with Gasteiger partial charge in [-0.1, -0.05) is 11.6 Å². The third-order valence-corrected chi connectivity index (χ3v) is 4.95. The van der Waals surface area contributed by atoms with E-state index in [0.29, 0.717) is 29.6 Å². The van der Waals surface area contributed by atoms with Gasteiger partial charge in [-0.3, -0.25) is 14.7 Å². The Labute approximate surface area is 163 Å². The number of hydrogen-bond donors (Lipinski definition) is 1. The molecule has 1 N–H and O–H groups in total. The molecule has 1 unspecified atom stereocenters. The molecular formula is C19H17ClFN3O4. The van der Waals surface area contributed by atoms with E-state index in [1.54, 1.807) is 6.26 Å². The Kier molecular flexibility index (Phi) is 4.82. The molecule has 0 spiro atoms.